The Labute approximate surface area is 117 Å². The summed E-state index contributed by atoms with van der Waals surface area (Å²) < 4.78 is 5.70. The molecule has 0 spiro atoms. The first-order valence-electron chi connectivity index (χ1n) is 6.89. The van der Waals surface area contributed by atoms with Crippen LogP contribution >= 0.6 is 0 Å². The number of carbonyl (C=O) groups is 2. The maximum Gasteiger partial charge on any atom is 0.323 e. The van der Waals surface area contributed by atoms with E-state index in [0.29, 0.717) is 12.1 Å². The number of benzene rings is 1. The molecule has 2 aliphatic rings. The summed E-state index contributed by atoms with van der Waals surface area (Å²) in [7, 11) is 0. The van der Waals surface area contributed by atoms with E-state index < -0.39 is 5.97 Å². The van der Waals surface area contributed by atoms with Crippen LogP contribution in [0.3, 0.4) is 0 Å². The first-order valence-corrected chi connectivity index (χ1v) is 6.89. The summed E-state index contributed by atoms with van der Waals surface area (Å²) in [5.41, 5.74) is 0.627. The van der Waals surface area contributed by atoms with Crippen LogP contribution < -0.4 is 4.90 Å². The zero-order valence-corrected chi connectivity index (χ0v) is 11.1. The van der Waals surface area contributed by atoms with Crippen molar-refractivity contribution in [3.8, 4) is 0 Å². The molecule has 0 saturated carbocycles. The zero-order chi connectivity index (χ0) is 14.1. The molecule has 2 saturated heterocycles. The Balaban J connectivity index is 1.82. The lowest BCUT2D eigenvalue weighted by atomic mass is 9.88. The summed E-state index contributed by atoms with van der Waals surface area (Å²) in [6, 6.07) is 8.96. The highest BCUT2D eigenvalue weighted by molar-refractivity contribution is 5.99. The van der Waals surface area contributed by atoms with Crippen LogP contribution in [0, 0.1) is 5.92 Å². The van der Waals surface area contributed by atoms with Gasteiger partial charge in [-0.15, -0.1) is 0 Å². The summed E-state index contributed by atoms with van der Waals surface area (Å²) in [6.45, 7) is -0.309. The molecule has 1 amide bonds. The maximum atomic E-state index is 12.7. The number of rotatable bonds is 4. The molecular formula is C15H17NO4. The van der Waals surface area contributed by atoms with Crippen molar-refractivity contribution in [2.45, 2.75) is 31.5 Å². The molecule has 2 fully saturated rings. The minimum Gasteiger partial charge on any atom is -0.480 e. The van der Waals surface area contributed by atoms with Crippen molar-refractivity contribution < 1.29 is 19.4 Å². The predicted molar refractivity (Wildman–Crippen MR) is 72.4 cm³/mol. The molecule has 3 unspecified atom stereocenters. The second-order valence-electron chi connectivity index (χ2n) is 5.37. The summed E-state index contributed by atoms with van der Waals surface area (Å²) >= 11 is 0. The Morgan fingerprint density at radius 1 is 1.25 bits per heavy atom. The molecule has 0 aromatic heterocycles. The van der Waals surface area contributed by atoms with Gasteiger partial charge in [-0.3, -0.25) is 9.59 Å². The third kappa shape index (κ3) is 2.41. The van der Waals surface area contributed by atoms with Gasteiger partial charge >= 0.3 is 5.97 Å². The molecule has 2 heterocycles. The van der Waals surface area contributed by atoms with Crippen molar-refractivity contribution in [3.63, 3.8) is 0 Å². The Hall–Kier alpha value is -1.88. The number of amides is 1. The van der Waals surface area contributed by atoms with Gasteiger partial charge in [0.25, 0.3) is 0 Å². The smallest absolute Gasteiger partial charge is 0.323 e. The van der Waals surface area contributed by atoms with Crippen LogP contribution in [-0.2, 0) is 14.3 Å². The molecule has 106 valence electrons. The van der Waals surface area contributed by atoms with Gasteiger partial charge in [0.1, 0.15) is 6.54 Å². The quantitative estimate of drug-likeness (QED) is 0.907. The number of hydrogen-bond acceptors (Lipinski definition) is 3. The number of nitrogens with zero attached hydrogens (tertiary/aromatic N) is 1. The largest absolute Gasteiger partial charge is 0.480 e. The molecule has 3 rings (SSSR count). The Bertz CT molecular complexity index is 516. The van der Waals surface area contributed by atoms with Crippen molar-refractivity contribution in [1.29, 1.82) is 0 Å². The summed E-state index contributed by atoms with van der Waals surface area (Å²) in [6.07, 6.45) is 2.77. The predicted octanol–water partition coefficient (Wildman–Crippen LogP) is 1.67. The average molecular weight is 275 g/mol. The molecule has 5 nitrogen and oxygen atoms in total. The Morgan fingerprint density at radius 3 is 2.55 bits per heavy atom. The highest BCUT2D eigenvalue weighted by Crippen LogP contribution is 2.40. The molecule has 1 N–H and O–H groups in total. The monoisotopic (exact) mass is 275 g/mol. The first-order chi connectivity index (χ1) is 9.65. The Morgan fingerprint density at radius 2 is 2.00 bits per heavy atom. The molecule has 3 atom stereocenters. The van der Waals surface area contributed by atoms with Gasteiger partial charge in [0.2, 0.25) is 5.91 Å². The summed E-state index contributed by atoms with van der Waals surface area (Å²) in [4.78, 5) is 25.0. The first kappa shape index (κ1) is 13.1. The van der Waals surface area contributed by atoms with Gasteiger partial charge in [-0.25, -0.2) is 0 Å². The van der Waals surface area contributed by atoms with E-state index in [0.717, 1.165) is 12.8 Å². The minimum atomic E-state index is -1.01. The van der Waals surface area contributed by atoms with E-state index in [4.69, 9.17) is 9.84 Å². The fraction of sp³-hybridized carbons (Fsp3) is 0.467. The maximum absolute atomic E-state index is 12.7. The average Bonchev–Trinajstić information content (AvgIpc) is 3.07. The van der Waals surface area contributed by atoms with Crippen LogP contribution in [0.15, 0.2) is 30.3 Å². The molecule has 5 heteroatoms. The second kappa shape index (κ2) is 5.25. The molecule has 20 heavy (non-hydrogen) atoms. The van der Waals surface area contributed by atoms with Gasteiger partial charge in [0.05, 0.1) is 18.1 Å². The molecule has 0 aliphatic carbocycles. The van der Waals surface area contributed by atoms with Crippen LogP contribution in [0.2, 0.25) is 0 Å². The second-order valence-corrected chi connectivity index (χ2v) is 5.37. The minimum absolute atomic E-state index is 0.0347. The third-order valence-corrected chi connectivity index (χ3v) is 4.05. The highest BCUT2D eigenvalue weighted by atomic mass is 16.5. The number of ether oxygens (including phenoxy) is 1. The number of aliphatic carboxylic acids is 1. The number of para-hydroxylation sites is 1. The number of carboxylic acids is 1. The van der Waals surface area contributed by atoms with Gasteiger partial charge < -0.3 is 14.7 Å². The summed E-state index contributed by atoms with van der Waals surface area (Å²) in [5.74, 6) is -1.34. The van der Waals surface area contributed by atoms with Crippen molar-refractivity contribution in [2.75, 3.05) is 11.4 Å². The molecule has 1 aromatic carbocycles. The van der Waals surface area contributed by atoms with Gasteiger partial charge in [-0.1, -0.05) is 18.2 Å². The van der Waals surface area contributed by atoms with Gasteiger partial charge in [-0.2, -0.15) is 0 Å². The van der Waals surface area contributed by atoms with Crippen LogP contribution in [0.25, 0.3) is 0 Å². The standard InChI is InChI=1S/C15H17NO4/c17-14(18)9-16(10-4-2-1-3-5-10)15(19)12-8-11-6-7-13(12)20-11/h1-5,11-13H,6-9H2,(H,17,18). The fourth-order valence-corrected chi connectivity index (χ4v) is 3.14. The summed E-state index contributed by atoms with van der Waals surface area (Å²) in [5, 5.41) is 9.04. The van der Waals surface area contributed by atoms with Crippen LogP contribution in [0.5, 0.6) is 0 Å². The van der Waals surface area contributed by atoms with E-state index in [2.05, 4.69) is 0 Å². The SMILES string of the molecule is O=C(O)CN(C(=O)C1CC2CCC1O2)c1ccccc1. The highest BCUT2D eigenvalue weighted by Gasteiger charge is 2.46. The van der Waals surface area contributed by atoms with Gasteiger partial charge in [0.15, 0.2) is 0 Å². The van der Waals surface area contributed by atoms with Crippen molar-refractivity contribution in [1.82, 2.24) is 0 Å². The molecule has 0 radical (unpaired) electrons. The van der Waals surface area contributed by atoms with Gasteiger partial charge in [0, 0.05) is 5.69 Å². The zero-order valence-electron chi connectivity index (χ0n) is 11.1. The van der Waals surface area contributed by atoms with Crippen molar-refractivity contribution in [2.24, 2.45) is 5.92 Å². The molecule has 2 aliphatic heterocycles. The van der Waals surface area contributed by atoms with Crippen LogP contribution in [0.1, 0.15) is 19.3 Å². The van der Waals surface area contributed by atoms with Gasteiger partial charge in [-0.05, 0) is 31.4 Å². The molecular weight excluding hydrogens is 258 g/mol. The number of hydrogen-bond donors (Lipinski definition) is 1. The number of carboxylic acid groups (broad SMARTS) is 1. The number of carbonyl (C=O) groups excluding carboxylic acids is 1. The lowest BCUT2D eigenvalue weighted by molar-refractivity contribution is -0.137. The van der Waals surface area contributed by atoms with E-state index in [-0.39, 0.29) is 30.6 Å². The fourth-order valence-electron chi connectivity index (χ4n) is 3.14. The van der Waals surface area contributed by atoms with Crippen LogP contribution in [0.4, 0.5) is 5.69 Å². The number of fused-ring (bicyclic) bond motifs is 2. The third-order valence-electron chi connectivity index (χ3n) is 4.05. The van der Waals surface area contributed by atoms with E-state index in [1.165, 1.54) is 4.90 Å². The molecule has 1 aromatic rings. The van der Waals surface area contributed by atoms with Crippen LogP contribution in [-0.4, -0.2) is 35.7 Å². The van der Waals surface area contributed by atoms with E-state index in [1.807, 2.05) is 6.07 Å². The number of anilines is 1. The topological polar surface area (TPSA) is 66.8 Å². The van der Waals surface area contributed by atoms with E-state index in [1.54, 1.807) is 24.3 Å². The lowest BCUT2D eigenvalue weighted by Gasteiger charge is -2.27. The van der Waals surface area contributed by atoms with E-state index >= 15 is 0 Å². The van der Waals surface area contributed by atoms with Crippen molar-refractivity contribution in [3.05, 3.63) is 30.3 Å². The van der Waals surface area contributed by atoms with E-state index in [9.17, 15) is 9.59 Å². The lowest BCUT2D eigenvalue weighted by Crippen LogP contribution is -2.42. The van der Waals surface area contributed by atoms with Crippen molar-refractivity contribution >= 4 is 17.6 Å². The normalized spacial score (nSPS) is 27.5. The molecule has 2 bridgehead atoms. The Kier molecular flexibility index (Phi) is 3.44.